The number of rotatable bonds is 10. The van der Waals surface area contributed by atoms with Gasteiger partial charge in [0.05, 0.1) is 31.4 Å². The van der Waals surface area contributed by atoms with Crippen molar-refractivity contribution in [2.24, 2.45) is 16.2 Å². The molecule has 33 heavy (non-hydrogen) atoms. The number of urea groups is 2. The van der Waals surface area contributed by atoms with Gasteiger partial charge in [-0.05, 0) is 35.5 Å². The van der Waals surface area contributed by atoms with E-state index in [0.29, 0.717) is 19.3 Å². The molecule has 9 heteroatoms. The first kappa shape index (κ1) is 31.3. The lowest BCUT2D eigenvalue weighted by Gasteiger charge is -2.31. The van der Waals surface area contributed by atoms with Gasteiger partial charge in [-0.15, -0.1) is 0 Å². The minimum atomic E-state index is -1.01. The van der Waals surface area contributed by atoms with Gasteiger partial charge in [0.1, 0.15) is 0 Å². The summed E-state index contributed by atoms with van der Waals surface area (Å²) in [4.78, 5) is 39.1. The lowest BCUT2D eigenvalue weighted by atomic mass is 9.89. The Morgan fingerprint density at radius 1 is 0.758 bits per heavy atom. The summed E-state index contributed by atoms with van der Waals surface area (Å²) >= 11 is 0. The van der Waals surface area contributed by atoms with Gasteiger partial charge in [0, 0.05) is 6.54 Å². The van der Waals surface area contributed by atoms with E-state index in [1.165, 1.54) is 0 Å². The summed E-state index contributed by atoms with van der Waals surface area (Å²) in [6, 6.07) is -1.76. The van der Waals surface area contributed by atoms with Gasteiger partial charge in [0.2, 0.25) is 6.41 Å². The van der Waals surface area contributed by atoms with Crippen molar-refractivity contribution in [1.29, 1.82) is 0 Å². The Morgan fingerprint density at radius 2 is 1.15 bits per heavy atom. The maximum Gasteiger partial charge on any atom is 0.334 e. The van der Waals surface area contributed by atoms with Crippen molar-refractivity contribution in [1.82, 2.24) is 15.1 Å². The normalized spacial score (nSPS) is 15.4. The van der Waals surface area contributed by atoms with E-state index in [2.05, 4.69) is 5.32 Å². The molecule has 0 aliphatic carbocycles. The summed E-state index contributed by atoms with van der Waals surface area (Å²) in [5.41, 5.74) is -0.624. The molecule has 0 saturated heterocycles. The molecule has 0 aliphatic heterocycles. The molecule has 0 saturated carbocycles. The number of amides is 5. The summed E-state index contributed by atoms with van der Waals surface area (Å²) in [7, 11) is 0. The highest BCUT2D eigenvalue weighted by Gasteiger charge is 2.32. The number of aliphatic hydroxyl groups excluding tert-OH is 3. The van der Waals surface area contributed by atoms with Crippen LogP contribution in [0.5, 0.6) is 0 Å². The average molecular weight is 474 g/mol. The number of aliphatic hydroxyl groups is 3. The minimum Gasteiger partial charge on any atom is -0.391 e. The number of carbonyl (C=O) groups is 3. The first-order valence-corrected chi connectivity index (χ1v) is 11.6. The molecule has 0 spiro atoms. The van der Waals surface area contributed by atoms with Crippen LogP contribution in [0.25, 0.3) is 0 Å². The van der Waals surface area contributed by atoms with E-state index < -0.39 is 30.4 Å². The predicted molar refractivity (Wildman–Crippen MR) is 129 cm³/mol. The Hall–Kier alpha value is -1.71. The maximum absolute atomic E-state index is 13.1. The van der Waals surface area contributed by atoms with E-state index in [1.54, 1.807) is 0 Å². The lowest BCUT2D eigenvalue weighted by Crippen LogP contribution is -2.54. The van der Waals surface area contributed by atoms with Crippen molar-refractivity contribution in [3.63, 3.8) is 0 Å². The van der Waals surface area contributed by atoms with Crippen LogP contribution in [0, 0.1) is 16.2 Å². The molecule has 194 valence electrons. The third-order valence-electron chi connectivity index (χ3n) is 4.68. The standard InChI is InChI=1S/C24H47N3O6/c1-22(2,3)10-17(29)13-25-20(32)27(15-19(31)12-24(7,8)9)21(33)26(16-28)14-18(30)11-23(4,5)6/h16-19,29-31H,10-15H2,1-9H3,(H,25,32). The zero-order valence-corrected chi connectivity index (χ0v) is 22.0. The van der Waals surface area contributed by atoms with Crippen LogP contribution in [0.2, 0.25) is 0 Å². The highest BCUT2D eigenvalue weighted by Crippen LogP contribution is 2.23. The number of nitrogens with zero attached hydrogens (tertiary/aromatic N) is 2. The smallest absolute Gasteiger partial charge is 0.334 e. The fraction of sp³-hybridized carbons (Fsp3) is 0.875. The monoisotopic (exact) mass is 473 g/mol. The zero-order valence-electron chi connectivity index (χ0n) is 22.0. The number of carbonyl (C=O) groups excluding carboxylic acids is 3. The molecule has 3 atom stereocenters. The molecule has 0 aliphatic rings. The molecule has 0 heterocycles. The molecular formula is C24H47N3O6. The van der Waals surface area contributed by atoms with Gasteiger partial charge in [0.15, 0.2) is 0 Å². The van der Waals surface area contributed by atoms with Crippen LogP contribution in [0.1, 0.15) is 81.6 Å². The Bertz CT molecular complexity index is 634. The molecule has 3 unspecified atom stereocenters. The van der Waals surface area contributed by atoms with E-state index in [0.717, 1.165) is 9.80 Å². The van der Waals surface area contributed by atoms with E-state index >= 15 is 0 Å². The second-order valence-corrected chi connectivity index (χ2v) is 12.6. The molecule has 5 amide bonds. The molecule has 0 radical (unpaired) electrons. The van der Waals surface area contributed by atoms with Crippen molar-refractivity contribution in [2.45, 2.75) is 99.9 Å². The highest BCUT2D eigenvalue weighted by atomic mass is 16.3. The number of hydrogen-bond donors (Lipinski definition) is 4. The fourth-order valence-electron chi connectivity index (χ4n) is 3.63. The van der Waals surface area contributed by atoms with E-state index in [4.69, 9.17) is 0 Å². The van der Waals surface area contributed by atoms with Gasteiger partial charge < -0.3 is 20.6 Å². The van der Waals surface area contributed by atoms with Gasteiger partial charge in [-0.1, -0.05) is 62.3 Å². The van der Waals surface area contributed by atoms with Gasteiger partial charge >= 0.3 is 12.1 Å². The Morgan fingerprint density at radius 3 is 1.55 bits per heavy atom. The van der Waals surface area contributed by atoms with Gasteiger partial charge in [-0.3, -0.25) is 9.69 Å². The zero-order chi connectivity index (χ0) is 26.2. The van der Waals surface area contributed by atoms with Crippen LogP contribution in [-0.4, -0.2) is 81.5 Å². The molecule has 0 bridgehead atoms. The van der Waals surface area contributed by atoms with E-state index in [-0.39, 0.29) is 42.3 Å². The Kier molecular flexibility index (Phi) is 12.0. The molecule has 4 N–H and O–H groups in total. The first-order valence-electron chi connectivity index (χ1n) is 11.6. The number of hydrogen-bond acceptors (Lipinski definition) is 6. The Balaban J connectivity index is 5.50. The summed E-state index contributed by atoms with van der Waals surface area (Å²) < 4.78 is 0. The van der Waals surface area contributed by atoms with Crippen molar-refractivity contribution >= 4 is 18.5 Å². The third-order valence-corrected chi connectivity index (χ3v) is 4.68. The third kappa shape index (κ3) is 14.9. The van der Waals surface area contributed by atoms with Crippen molar-refractivity contribution in [3.05, 3.63) is 0 Å². The van der Waals surface area contributed by atoms with Crippen LogP contribution in [0.3, 0.4) is 0 Å². The summed E-state index contributed by atoms with van der Waals surface area (Å²) in [6.45, 7) is 16.7. The second-order valence-electron chi connectivity index (χ2n) is 12.6. The minimum absolute atomic E-state index is 0.0804. The topological polar surface area (TPSA) is 130 Å². The van der Waals surface area contributed by atoms with Gasteiger partial charge in [-0.25, -0.2) is 14.5 Å². The highest BCUT2D eigenvalue weighted by molar-refractivity contribution is 5.97. The molecule has 9 nitrogen and oxygen atoms in total. The Labute approximate surface area is 199 Å². The van der Waals surface area contributed by atoms with E-state index in [9.17, 15) is 29.7 Å². The molecule has 0 fully saturated rings. The molecule has 0 aromatic heterocycles. The van der Waals surface area contributed by atoms with Crippen LogP contribution in [0.4, 0.5) is 9.59 Å². The predicted octanol–water partition coefficient (Wildman–Crippen LogP) is 2.97. The van der Waals surface area contributed by atoms with Crippen LogP contribution < -0.4 is 5.32 Å². The second kappa shape index (κ2) is 12.7. The fourth-order valence-corrected chi connectivity index (χ4v) is 3.63. The molecule has 0 aromatic rings. The number of imide groups is 2. The summed E-state index contributed by atoms with van der Waals surface area (Å²) in [5, 5.41) is 33.5. The average Bonchev–Trinajstić information content (AvgIpc) is 2.57. The number of nitrogens with one attached hydrogen (secondary N) is 1. The van der Waals surface area contributed by atoms with Crippen molar-refractivity contribution in [2.75, 3.05) is 19.6 Å². The van der Waals surface area contributed by atoms with Gasteiger partial charge in [-0.2, -0.15) is 0 Å². The van der Waals surface area contributed by atoms with E-state index in [1.807, 2.05) is 62.3 Å². The lowest BCUT2D eigenvalue weighted by molar-refractivity contribution is -0.117. The quantitative estimate of drug-likeness (QED) is 0.361. The first-order chi connectivity index (χ1) is 14.7. The van der Waals surface area contributed by atoms with Crippen molar-refractivity contribution < 1.29 is 29.7 Å². The summed E-state index contributed by atoms with van der Waals surface area (Å²) in [6.07, 6.45) is -1.40. The SMILES string of the molecule is CC(C)(C)CC(O)CNC(=O)N(CC(O)CC(C)(C)C)C(=O)N(C=O)CC(O)CC(C)(C)C. The van der Waals surface area contributed by atoms with Gasteiger partial charge in [0.25, 0.3) is 0 Å². The van der Waals surface area contributed by atoms with Crippen LogP contribution in [0.15, 0.2) is 0 Å². The van der Waals surface area contributed by atoms with Crippen molar-refractivity contribution in [3.8, 4) is 0 Å². The molecule has 0 aromatic carbocycles. The van der Waals surface area contributed by atoms with Crippen LogP contribution in [-0.2, 0) is 4.79 Å². The maximum atomic E-state index is 13.1. The van der Waals surface area contributed by atoms with Crippen LogP contribution >= 0.6 is 0 Å². The largest absolute Gasteiger partial charge is 0.391 e. The molecule has 0 rings (SSSR count). The summed E-state index contributed by atoms with van der Waals surface area (Å²) in [5.74, 6) is 0. The molecular weight excluding hydrogens is 426 g/mol.